The Kier molecular flexibility index (Phi) is 5.09. The molecule has 1 aliphatic carbocycles. The van der Waals surface area contributed by atoms with Crippen molar-refractivity contribution in [3.8, 4) is 0 Å². The molecule has 0 heterocycles. The lowest BCUT2D eigenvalue weighted by atomic mass is 10.0. The van der Waals surface area contributed by atoms with E-state index in [0.29, 0.717) is 12.8 Å². The number of carbonyl (C=O) groups is 1. The maximum atomic E-state index is 12.3. The zero-order valence-electron chi connectivity index (χ0n) is 15.9. The third kappa shape index (κ3) is 3.12. The Morgan fingerprint density at radius 2 is 1.35 bits per heavy atom. The standard InChI is InChI=1S/C22H28O3Si/c1-21(2,3)26(18-12-6-4-7-13-18,19-14-8-5-9-15-19)25-22(20(23)24)16-10-11-17-22/h4-9,12-15H,10-11,16-17H2,1-3H3,(H,23,24). The summed E-state index contributed by atoms with van der Waals surface area (Å²) in [5.41, 5.74) is -1.08. The van der Waals surface area contributed by atoms with Gasteiger partial charge in [-0.05, 0) is 41.1 Å². The van der Waals surface area contributed by atoms with Gasteiger partial charge < -0.3 is 9.53 Å². The van der Waals surface area contributed by atoms with Gasteiger partial charge in [0, 0.05) is 0 Å². The Morgan fingerprint density at radius 3 is 1.69 bits per heavy atom. The monoisotopic (exact) mass is 368 g/mol. The Balaban J connectivity index is 2.26. The fraction of sp³-hybridized carbons (Fsp3) is 0.409. The second-order valence-electron chi connectivity index (χ2n) is 8.27. The Labute approximate surface area is 157 Å². The molecule has 0 atom stereocenters. The molecule has 0 amide bonds. The predicted molar refractivity (Wildman–Crippen MR) is 108 cm³/mol. The van der Waals surface area contributed by atoms with E-state index in [0.717, 1.165) is 23.2 Å². The van der Waals surface area contributed by atoms with Crippen molar-refractivity contribution in [2.45, 2.75) is 57.1 Å². The van der Waals surface area contributed by atoms with E-state index < -0.39 is 19.9 Å². The van der Waals surface area contributed by atoms with Gasteiger partial charge in [0.15, 0.2) is 5.60 Å². The fourth-order valence-corrected chi connectivity index (χ4v) is 9.06. The van der Waals surface area contributed by atoms with Crippen molar-refractivity contribution < 1.29 is 14.3 Å². The lowest BCUT2D eigenvalue weighted by Crippen LogP contribution is -2.70. The summed E-state index contributed by atoms with van der Waals surface area (Å²) in [5.74, 6) is -0.817. The van der Waals surface area contributed by atoms with Crippen molar-refractivity contribution in [1.82, 2.24) is 0 Å². The first-order chi connectivity index (χ1) is 12.3. The van der Waals surface area contributed by atoms with Gasteiger partial charge in [0.1, 0.15) is 0 Å². The Hall–Kier alpha value is -1.91. The smallest absolute Gasteiger partial charge is 0.334 e. The summed E-state index contributed by atoms with van der Waals surface area (Å²) in [4.78, 5) is 12.3. The van der Waals surface area contributed by atoms with E-state index in [4.69, 9.17) is 4.43 Å². The van der Waals surface area contributed by atoms with Gasteiger partial charge >= 0.3 is 5.97 Å². The summed E-state index contributed by atoms with van der Waals surface area (Å²) in [5, 5.41) is 12.1. The summed E-state index contributed by atoms with van der Waals surface area (Å²) in [7, 11) is -2.83. The number of carboxylic acids is 1. The minimum atomic E-state index is -2.83. The third-order valence-corrected chi connectivity index (χ3v) is 10.7. The third-order valence-electron chi connectivity index (χ3n) is 5.57. The maximum Gasteiger partial charge on any atom is 0.334 e. The first kappa shape index (κ1) is 18.9. The van der Waals surface area contributed by atoms with Crippen molar-refractivity contribution in [3.63, 3.8) is 0 Å². The molecule has 1 aliphatic rings. The number of carboxylic acid groups (broad SMARTS) is 1. The van der Waals surface area contributed by atoms with E-state index >= 15 is 0 Å². The minimum absolute atomic E-state index is 0.208. The summed E-state index contributed by atoms with van der Waals surface area (Å²) in [6.07, 6.45) is 2.99. The molecular formula is C22H28O3Si. The second-order valence-corrected chi connectivity index (χ2v) is 12.5. The molecule has 0 radical (unpaired) electrons. The van der Waals surface area contributed by atoms with E-state index in [-0.39, 0.29) is 5.04 Å². The van der Waals surface area contributed by atoms with Crippen LogP contribution in [0.5, 0.6) is 0 Å². The van der Waals surface area contributed by atoms with Gasteiger partial charge in [-0.1, -0.05) is 81.4 Å². The molecule has 0 unspecified atom stereocenters. The summed E-state index contributed by atoms with van der Waals surface area (Å²) in [6, 6.07) is 20.5. The topological polar surface area (TPSA) is 46.5 Å². The normalized spacial score (nSPS) is 17.2. The molecule has 0 spiro atoms. The first-order valence-electron chi connectivity index (χ1n) is 9.36. The summed E-state index contributed by atoms with van der Waals surface area (Å²) in [6.45, 7) is 6.55. The second kappa shape index (κ2) is 7.01. The lowest BCUT2D eigenvalue weighted by molar-refractivity contribution is -0.155. The van der Waals surface area contributed by atoms with Crippen LogP contribution in [0.3, 0.4) is 0 Å². The van der Waals surface area contributed by atoms with E-state index in [9.17, 15) is 9.90 Å². The van der Waals surface area contributed by atoms with Gasteiger partial charge in [-0.3, -0.25) is 0 Å². The van der Waals surface area contributed by atoms with Crippen LogP contribution in [0, 0.1) is 0 Å². The molecule has 0 aliphatic heterocycles. The Bertz CT molecular complexity index is 704. The number of aliphatic carboxylic acids is 1. The number of rotatable bonds is 5. The number of benzene rings is 2. The minimum Gasteiger partial charge on any atom is -0.479 e. The molecule has 4 heteroatoms. The van der Waals surface area contributed by atoms with Gasteiger partial charge in [-0.25, -0.2) is 4.79 Å². The molecule has 1 saturated carbocycles. The van der Waals surface area contributed by atoms with E-state index in [1.807, 2.05) is 36.4 Å². The fourth-order valence-electron chi connectivity index (χ4n) is 4.25. The van der Waals surface area contributed by atoms with Gasteiger partial charge in [0.25, 0.3) is 8.32 Å². The highest BCUT2D eigenvalue weighted by Gasteiger charge is 2.57. The van der Waals surface area contributed by atoms with Crippen molar-refractivity contribution in [2.24, 2.45) is 0 Å². The maximum absolute atomic E-state index is 12.3. The van der Waals surface area contributed by atoms with E-state index in [1.54, 1.807) is 0 Å². The van der Waals surface area contributed by atoms with Crippen LogP contribution in [0.1, 0.15) is 46.5 Å². The number of hydrogen-bond acceptors (Lipinski definition) is 2. The van der Waals surface area contributed by atoms with Crippen LogP contribution < -0.4 is 10.4 Å². The van der Waals surface area contributed by atoms with Crippen LogP contribution in [0.2, 0.25) is 5.04 Å². The average Bonchev–Trinajstić information content (AvgIpc) is 3.10. The van der Waals surface area contributed by atoms with Gasteiger partial charge in [-0.2, -0.15) is 0 Å². The van der Waals surface area contributed by atoms with Crippen LogP contribution >= 0.6 is 0 Å². The largest absolute Gasteiger partial charge is 0.479 e. The molecule has 3 nitrogen and oxygen atoms in total. The SMILES string of the molecule is CC(C)(C)[Si](OC1(C(=O)O)CCCC1)(c1ccccc1)c1ccccc1. The van der Waals surface area contributed by atoms with Crippen molar-refractivity contribution >= 4 is 24.7 Å². The zero-order valence-corrected chi connectivity index (χ0v) is 16.9. The van der Waals surface area contributed by atoms with Crippen LogP contribution in [-0.4, -0.2) is 25.0 Å². The lowest BCUT2D eigenvalue weighted by Gasteiger charge is -2.47. The molecule has 0 saturated heterocycles. The Morgan fingerprint density at radius 1 is 0.923 bits per heavy atom. The van der Waals surface area contributed by atoms with Crippen molar-refractivity contribution in [1.29, 1.82) is 0 Å². The highest BCUT2D eigenvalue weighted by molar-refractivity contribution is 6.99. The summed E-state index contributed by atoms with van der Waals surface area (Å²) < 4.78 is 6.92. The van der Waals surface area contributed by atoms with E-state index in [1.165, 1.54) is 0 Å². The first-order valence-corrected chi connectivity index (χ1v) is 11.3. The zero-order chi connectivity index (χ0) is 18.8. The molecule has 2 aromatic carbocycles. The van der Waals surface area contributed by atoms with Gasteiger partial charge in [0.05, 0.1) is 0 Å². The molecule has 138 valence electrons. The highest BCUT2D eigenvalue weighted by Crippen LogP contribution is 2.43. The molecule has 1 fully saturated rings. The van der Waals surface area contributed by atoms with Crippen molar-refractivity contribution in [2.75, 3.05) is 0 Å². The van der Waals surface area contributed by atoms with Crippen molar-refractivity contribution in [3.05, 3.63) is 60.7 Å². The quantitative estimate of drug-likeness (QED) is 0.813. The van der Waals surface area contributed by atoms with Crippen LogP contribution in [-0.2, 0) is 9.22 Å². The van der Waals surface area contributed by atoms with Crippen LogP contribution in [0.4, 0.5) is 0 Å². The van der Waals surface area contributed by atoms with E-state index in [2.05, 4.69) is 45.0 Å². The number of hydrogen-bond donors (Lipinski definition) is 1. The molecule has 0 aromatic heterocycles. The molecular weight excluding hydrogens is 340 g/mol. The van der Waals surface area contributed by atoms with Gasteiger partial charge in [0.2, 0.25) is 0 Å². The van der Waals surface area contributed by atoms with Gasteiger partial charge in [-0.15, -0.1) is 0 Å². The molecule has 3 rings (SSSR count). The highest BCUT2D eigenvalue weighted by atomic mass is 28.4. The van der Waals surface area contributed by atoms with Crippen LogP contribution in [0.15, 0.2) is 60.7 Å². The molecule has 26 heavy (non-hydrogen) atoms. The molecule has 1 N–H and O–H groups in total. The predicted octanol–water partition coefficient (Wildman–Crippen LogP) is 3.96. The molecule has 2 aromatic rings. The summed E-state index contributed by atoms with van der Waals surface area (Å²) >= 11 is 0. The molecule has 0 bridgehead atoms. The van der Waals surface area contributed by atoms with Crippen LogP contribution in [0.25, 0.3) is 0 Å². The average molecular weight is 369 g/mol.